The molecule has 0 saturated carbocycles. The van der Waals surface area contributed by atoms with Gasteiger partial charge >= 0.3 is 0 Å². The maximum absolute atomic E-state index is 12.7. The molecule has 1 atom stereocenters. The van der Waals surface area contributed by atoms with Crippen LogP contribution in [0.2, 0.25) is 0 Å². The third kappa shape index (κ3) is 2.81. The van der Waals surface area contributed by atoms with Gasteiger partial charge in [0, 0.05) is 30.3 Å². The summed E-state index contributed by atoms with van der Waals surface area (Å²) in [6.45, 7) is 1.69. The van der Waals surface area contributed by atoms with Gasteiger partial charge in [-0.2, -0.15) is 4.98 Å². The Kier molecular flexibility index (Phi) is 3.80. The molecule has 3 aliphatic heterocycles. The summed E-state index contributed by atoms with van der Waals surface area (Å²) in [6, 6.07) is 11.0. The van der Waals surface area contributed by atoms with Crippen molar-refractivity contribution < 1.29 is 28.3 Å². The van der Waals surface area contributed by atoms with Crippen molar-refractivity contribution in [2.45, 2.75) is 12.3 Å². The van der Waals surface area contributed by atoms with E-state index in [1.165, 1.54) is 0 Å². The SMILES string of the molecule is O=C1C[C@@H](c2nc(-c3ccc4c(c3)OCO4)no2)CN1c1ccc2c(c1)OCCO2. The molecule has 1 saturated heterocycles. The number of benzene rings is 2. The van der Waals surface area contributed by atoms with E-state index < -0.39 is 0 Å². The first kappa shape index (κ1) is 17.1. The third-order valence-electron chi connectivity index (χ3n) is 5.38. The van der Waals surface area contributed by atoms with Crippen LogP contribution in [-0.4, -0.2) is 42.6 Å². The van der Waals surface area contributed by atoms with E-state index in [9.17, 15) is 4.79 Å². The summed E-state index contributed by atoms with van der Waals surface area (Å²) in [5, 5.41) is 4.09. The van der Waals surface area contributed by atoms with Crippen LogP contribution in [0.4, 0.5) is 5.69 Å². The van der Waals surface area contributed by atoms with Crippen LogP contribution in [0.5, 0.6) is 23.0 Å². The molecule has 1 fully saturated rings. The van der Waals surface area contributed by atoms with E-state index in [1.54, 1.807) is 4.90 Å². The monoisotopic (exact) mass is 407 g/mol. The summed E-state index contributed by atoms with van der Waals surface area (Å²) in [5.74, 6) is 3.40. The smallest absolute Gasteiger partial charge is 0.232 e. The zero-order valence-electron chi connectivity index (χ0n) is 15.9. The van der Waals surface area contributed by atoms with Crippen molar-refractivity contribution in [1.29, 1.82) is 0 Å². The number of rotatable bonds is 3. The van der Waals surface area contributed by atoms with Crippen molar-refractivity contribution in [2.24, 2.45) is 0 Å². The van der Waals surface area contributed by atoms with Gasteiger partial charge in [-0.05, 0) is 30.3 Å². The largest absolute Gasteiger partial charge is 0.486 e. The van der Waals surface area contributed by atoms with E-state index >= 15 is 0 Å². The molecule has 0 spiro atoms. The molecule has 3 aliphatic rings. The molecular weight excluding hydrogens is 390 g/mol. The van der Waals surface area contributed by atoms with Crippen molar-refractivity contribution in [3.63, 3.8) is 0 Å². The van der Waals surface area contributed by atoms with Crippen LogP contribution >= 0.6 is 0 Å². The number of hydrogen-bond donors (Lipinski definition) is 0. The highest BCUT2D eigenvalue weighted by Crippen LogP contribution is 2.39. The van der Waals surface area contributed by atoms with Gasteiger partial charge < -0.3 is 28.4 Å². The zero-order valence-corrected chi connectivity index (χ0v) is 15.9. The van der Waals surface area contributed by atoms with Gasteiger partial charge in [0.05, 0.1) is 5.92 Å². The fourth-order valence-electron chi connectivity index (χ4n) is 3.88. The summed E-state index contributed by atoms with van der Waals surface area (Å²) in [5.41, 5.74) is 1.53. The number of carbonyl (C=O) groups is 1. The lowest BCUT2D eigenvalue weighted by atomic mass is 10.1. The van der Waals surface area contributed by atoms with E-state index in [2.05, 4.69) is 10.1 Å². The number of aromatic nitrogens is 2. The molecule has 30 heavy (non-hydrogen) atoms. The Morgan fingerprint density at radius 3 is 2.60 bits per heavy atom. The minimum atomic E-state index is -0.180. The van der Waals surface area contributed by atoms with Crippen molar-refractivity contribution in [3.8, 4) is 34.4 Å². The van der Waals surface area contributed by atoms with E-state index in [4.69, 9.17) is 23.5 Å². The average Bonchev–Trinajstić information content (AvgIpc) is 3.52. The number of nitrogens with zero attached hydrogens (tertiary/aromatic N) is 3. The molecule has 0 bridgehead atoms. The first-order valence-corrected chi connectivity index (χ1v) is 9.68. The summed E-state index contributed by atoms with van der Waals surface area (Å²) in [7, 11) is 0. The van der Waals surface area contributed by atoms with Crippen molar-refractivity contribution in [1.82, 2.24) is 10.1 Å². The topological polar surface area (TPSA) is 96.2 Å². The van der Waals surface area contributed by atoms with Gasteiger partial charge in [0.2, 0.25) is 24.4 Å². The Balaban J connectivity index is 1.23. The zero-order chi connectivity index (χ0) is 20.1. The highest BCUT2D eigenvalue weighted by atomic mass is 16.7. The minimum absolute atomic E-state index is 0.000456. The van der Waals surface area contributed by atoms with Gasteiger partial charge in [-0.25, -0.2) is 0 Å². The predicted molar refractivity (Wildman–Crippen MR) is 103 cm³/mol. The Bertz CT molecular complexity index is 1140. The van der Waals surface area contributed by atoms with Crippen LogP contribution in [-0.2, 0) is 4.79 Å². The van der Waals surface area contributed by atoms with Crippen LogP contribution in [0.25, 0.3) is 11.4 Å². The molecule has 0 unspecified atom stereocenters. The summed E-state index contributed by atoms with van der Waals surface area (Å²) in [4.78, 5) is 18.9. The molecular formula is C21H17N3O6. The fourth-order valence-corrected chi connectivity index (χ4v) is 3.88. The number of hydrogen-bond acceptors (Lipinski definition) is 8. The quantitative estimate of drug-likeness (QED) is 0.654. The van der Waals surface area contributed by atoms with Crippen LogP contribution in [0, 0.1) is 0 Å². The number of ether oxygens (including phenoxy) is 4. The van der Waals surface area contributed by atoms with Crippen molar-refractivity contribution in [3.05, 3.63) is 42.3 Å². The first-order valence-electron chi connectivity index (χ1n) is 9.68. The van der Waals surface area contributed by atoms with Gasteiger partial charge in [0.15, 0.2) is 23.0 Å². The molecule has 1 amide bonds. The normalized spacial score (nSPS) is 19.4. The first-order chi connectivity index (χ1) is 14.7. The van der Waals surface area contributed by atoms with Crippen LogP contribution in [0.15, 0.2) is 40.9 Å². The highest BCUT2D eigenvalue weighted by molar-refractivity contribution is 5.96. The molecule has 6 rings (SSSR count). The van der Waals surface area contributed by atoms with Gasteiger partial charge in [-0.3, -0.25) is 4.79 Å². The lowest BCUT2D eigenvalue weighted by Gasteiger charge is -2.22. The van der Waals surface area contributed by atoms with Crippen LogP contribution in [0.3, 0.4) is 0 Å². The summed E-state index contributed by atoms with van der Waals surface area (Å²) in [6.07, 6.45) is 0.303. The molecule has 0 N–H and O–H groups in total. The predicted octanol–water partition coefficient (Wildman–Crippen LogP) is 2.76. The lowest BCUT2D eigenvalue weighted by molar-refractivity contribution is -0.117. The van der Waals surface area contributed by atoms with E-state index in [0.717, 1.165) is 11.3 Å². The van der Waals surface area contributed by atoms with Crippen molar-refractivity contribution >= 4 is 11.6 Å². The molecule has 0 aliphatic carbocycles. The number of carbonyl (C=O) groups excluding carboxylic acids is 1. The molecule has 0 radical (unpaired) electrons. The number of fused-ring (bicyclic) bond motifs is 2. The highest BCUT2D eigenvalue weighted by Gasteiger charge is 2.35. The standard InChI is InChI=1S/C21H17N3O6/c25-19-8-13(10-24(19)14-2-4-15-18(9-14)27-6-5-26-15)21-22-20(23-30-21)12-1-3-16-17(7-12)29-11-28-16/h1-4,7,9,13H,5-6,8,10-11H2/t13-/m1/s1. The maximum Gasteiger partial charge on any atom is 0.232 e. The summed E-state index contributed by atoms with van der Waals surface area (Å²) >= 11 is 0. The Morgan fingerprint density at radius 1 is 0.900 bits per heavy atom. The lowest BCUT2D eigenvalue weighted by Crippen LogP contribution is -2.24. The van der Waals surface area contributed by atoms with Crippen molar-refractivity contribution in [2.75, 3.05) is 31.5 Å². The average molecular weight is 407 g/mol. The third-order valence-corrected chi connectivity index (χ3v) is 5.38. The Labute approximate surface area is 171 Å². The van der Waals surface area contributed by atoms with E-state index in [0.29, 0.717) is 60.9 Å². The van der Waals surface area contributed by atoms with Crippen LogP contribution < -0.4 is 23.8 Å². The molecule has 9 heteroatoms. The van der Waals surface area contributed by atoms with Gasteiger partial charge in [0.1, 0.15) is 13.2 Å². The number of amides is 1. The second-order valence-corrected chi connectivity index (χ2v) is 7.26. The second kappa shape index (κ2) is 6.65. The van der Waals surface area contributed by atoms with Crippen LogP contribution in [0.1, 0.15) is 18.2 Å². The van der Waals surface area contributed by atoms with Gasteiger partial charge in [-0.1, -0.05) is 5.16 Å². The van der Waals surface area contributed by atoms with Gasteiger partial charge in [0.25, 0.3) is 0 Å². The Morgan fingerprint density at radius 2 is 1.67 bits per heavy atom. The molecule has 9 nitrogen and oxygen atoms in total. The second-order valence-electron chi connectivity index (χ2n) is 7.26. The van der Waals surface area contributed by atoms with Gasteiger partial charge in [-0.15, -0.1) is 0 Å². The maximum atomic E-state index is 12.7. The number of anilines is 1. The molecule has 1 aromatic heterocycles. The fraction of sp³-hybridized carbons (Fsp3) is 0.286. The van der Waals surface area contributed by atoms with E-state index in [1.807, 2.05) is 36.4 Å². The van der Waals surface area contributed by atoms with E-state index in [-0.39, 0.29) is 18.6 Å². The molecule has 152 valence electrons. The molecule has 2 aromatic carbocycles. The Hall–Kier alpha value is -3.75. The minimum Gasteiger partial charge on any atom is -0.486 e. The molecule has 3 aromatic rings. The summed E-state index contributed by atoms with van der Waals surface area (Å²) < 4.78 is 27.4. The molecule has 4 heterocycles.